The number of unbranched alkanes of at least 4 members (excludes halogenated alkanes) is 4. The molecule has 2 nitrogen and oxygen atoms in total. The molecule has 0 saturated carbocycles. The predicted molar refractivity (Wildman–Crippen MR) is 97.4 cm³/mol. The first-order valence-electron chi connectivity index (χ1n) is 9.64. The van der Waals surface area contributed by atoms with Gasteiger partial charge in [0.2, 0.25) is 0 Å². The predicted octanol–water partition coefficient (Wildman–Crippen LogP) is 6.09. The highest BCUT2D eigenvalue weighted by Gasteiger charge is 2.35. The molecule has 22 heavy (non-hydrogen) atoms. The first-order chi connectivity index (χ1) is 10.5. The van der Waals surface area contributed by atoms with E-state index in [2.05, 4.69) is 41.5 Å². The van der Waals surface area contributed by atoms with Gasteiger partial charge in [-0.15, -0.1) is 0 Å². The zero-order valence-electron chi connectivity index (χ0n) is 16.2. The lowest BCUT2D eigenvalue weighted by Gasteiger charge is -2.38. The van der Waals surface area contributed by atoms with Crippen molar-refractivity contribution in [3.63, 3.8) is 0 Å². The highest BCUT2D eigenvalue weighted by atomic mass is 16.5. The van der Waals surface area contributed by atoms with Crippen molar-refractivity contribution in [1.82, 2.24) is 0 Å². The third-order valence-electron chi connectivity index (χ3n) is 4.60. The van der Waals surface area contributed by atoms with Gasteiger partial charge in [-0.05, 0) is 31.1 Å². The average Bonchev–Trinajstić information content (AvgIpc) is 2.45. The van der Waals surface area contributed by atoms with Crippen LogP contribution >= 0.6 is 0 Å². The quantitative estimate of drug-likeness (QED) is 0.341. The van der Waals surface area contributed by atoms with Gasteiger partial charge in [0.15, 0.2) is 0 Å². The summed E-state index contributed by atoms with van der Waals surface area (Å²) in [5.41, 5.74) is 0.173. The van der Waals surface area contributed by atoms with Crippen LogP contribution in [0.2, 0.25) is 0 Å². The average molecular weight is 315 g/mol. The van der Waals surface area contributed by atoms with Gasteiger partial charge in [-0.1, -0.05) is 67.2 Å². The lowest BCUT2D eigenvalue weighted by Crippen LogP contribution is -2.39. The summed E-state index contributed by atoms with van der Waals surface area (Å²) in [5.74, 6) is 1.27. The van der Waals surface area contributed by atoms with Crippen molar-refractivity contribution in [2.24, 2.45) is 17.3 Å². The van der Waals surface area contributed by atoms with Crippen LogP contribution in [-0.4, -0.2) is 26.4 Å². The fourth-order valence-electron chi connectivity index (χ4n) is 3.00. The van der Waals surface area contributed by atoms with Crippen LogP contribution in [0.1, 0.15) is 86.5 Å². The van der Waals surface area contributed by atoms with Crippen molar-refractivity contribution in [2.45, 2.75) is 86.5 Å². The summed E-state index contributed by atoms with van der Waals surface area (Å²) in [6.07, 6.45) is 8.61. The Hall–Kier alpha value is -0.0800. The molecule has 0 amide bonds. The van der Waals surface area contributed by atoms with E-state index in [0.717, 1.165) is 26.4 Å². The molecule has 0 aromatic heterocycles. The second-order valence-corrected chi connectivity index (χ2v) is 7.63. The Morgan fingerprint density at radius 1 is 0.727 bits per heavy atom. The molecule has 0 aromatic carbocycles. The van der Waals surface area contributed by atoms with Crippen molar-refractivity contribution < 1.29 is 9.47 Å². The van der Waals surface area contributed by atoms with Gasteiger partial charge in [-0.2, -0.15) is 0 Å². The molecule has 0 radical (unpaired) electrons. The fraction of sp³-hybridized carbons (Fsp3) is 1.00. The normalized spacial score (nSPS) is 12.5. The summed E-state index contributed by atoms with van der Waals surface area (Å²) < 4.78 is 12.1. The Bertz CT molecular complexity index is 222. The molecule has 0 unspecified atom stereocenters. The smallest absolute Gasteiger partial charge is 0.0547 e. The highest BCUT2D eigenvalue weighted by Crippen LogP contribution is 2.36. The topological polar surface area (TPSA) is 18.5 Å². The molecule has 134 valence electrons. The lowest BCUT2D eigenvalue weighted by molar-refractivity contribution is -0.0603. The molecule has 0 fully saturated rings. The number of hydrogen-bond donors (Lipinski definition) is 0. The van der Waals surface area contributed by atoms with Crippen LogP contribution in [0.15, 0.2) is 0 Å². The molecule has 0 heterocycles. The first kappa shape index (κ1) is 21.9. The fourth-order valence-corrected chi connectivity index (χ4v) is 3.00. The van der Waals surface area contributed by atoms with Gasteiger partial charge < -0.3 is 9.47 Å². The van der Waals surface area contributed by atoms with Crippen molar-refractivity contribution in [3.05, 3.63) is 0 Å². The third-order valence-corrected chi connectivity index (χ3v) is 4.60. The second kappa shape index (κ2) is 13.4. The van der Waals surface area contributed by atoms with Crippen molar-refractivity contribution in [1.29, 1.82) is 0 Å². The molecular weight excluding hydrogens is 272 g/mol. The van der Waals surface area contributed by atoms with Gasteiger partial charge in [0, 0.05) is 18.6 Å². The van der Waals surface area contributed by atoms with E-state index in [0.29, 0.717) is 11.8 Å². The van der Waals surface area contributed by atoms with Gasteiger partial charge >= 0.3 is 0 Å². The molecule has 0 bridgehead atoms. The van der Waals surface area contributed by atoms with E-state index in [1.165, 1.54) is 44.9 Å². The van der Waals surface area contributed by atoms with E-state index in [4.69, 9.17) is 9.47 Å². The minimum absolute atomic E-state index is 0.173. The van der Waals surface area contributed by atoms with Gasteiger partial charge in [0.1, 0.15) is 0 Å². The zero-order valence-corrected chi connectivity index (χ0v) is 16.2. The van der Waals surface area contributed by atoms with Gasteiger partial charge in [-0.3, -0.25) is 0 Å². The summed E-state index contributed by atoms with van der Waals surface area (Å²) in [6.45, 7) is 17.2. The molecule has 0 atom stereocenters. The Labute approximate surface area is 140 Å². The largest absolute Gasteiger partial charge is 0.381 e. The van der Waals surface area contributed by atoms with Crippen LogP contribution in [0.5, 0.6) is 0 Å². The first-order valence-corrected chi connectivity index (χ1v) is 9.64. The van der Waals surface area contributed by atoms with Gasteiger partial charge in [0.25, 0.3) is 0 Å². The van der Waals surface area contributed by atoms with E-state index in [1.54, 1.807) is 0 Å². The van der Waals surface area contributed by atoms with Crippen molar-refractivity contribution in [2.75, 3.05) is 26.4 Å². The Kier molecular flexibility index (Phi) is 13.3. The van der Waals surface area contributed by atoms with E-state index in [1.807, 2.05) is 0 Å². The summed E-state index contributed by atoms with van der Waals surface area (Å²) in [7, 11) is 0. The summed E-state index contributed by atoms with van der Waals surface area (Å²) in [4.78, 5) is 0. The van der Waals surface area contributed by atoms with Crippen LogP contribution in [0.4, 0.5) is 0 Å². The van der Waals surface area contributed by atoms with Crippen LogP contribution in [0, 0.1) is 17.3 Å². The molecular formula is C20H42O2. The Morgan fingerprint density at radius 3 is 1.50 bits per heavy atom. The van der Waals surface area contributed by atoms with Crippen LogP contribution in [0.3, 0.4) is 0 Å². The van der Waals surface area contributed by atoms with E-state index < -0.39 is 0 Å². The molecule has 2 heteroatoms. The zero-order chi connectivity index (χ0) is 16.8. The minimum atomic E-state index is 0.173. The maximum atomic E-state index is 6.06. The number of rotatable bonds is 15. The summed E-state index contributed by atoms with van der Waals surface area (Å²) in [6, 6.07) is 0. The second-order valence-electron chi connectivity index (χ2n) is 7.63. The van der Waals surface area contributed by atoms with Crippen molar-refractivity contribution in [3.8, 4) is 0 Å². The van der Waals surface area contributed by atoms with E-state index in [9.17, 15) is 0 Å². The molecule has 0 spiro atoms. The molecule has 0 aromatic rings. The van der Waals surface area contributed by atoms with Crippen LogP contribution in [-0.2, 0) is 9.47 Å². The van der Waals surface area contributed by atoms with Crippen LogP contribution < -0.4 is 0 Å². The van der Waals surface area contributed by atoms with E-state index >= 15 is 0 Å². The maximum Gasteiger partial charge on any atom is 0.0547 e. The standard InChI is InChI=1S/C20H42O2/c1-7-9-11-13-21-16-20(19(5)6,15-18(3)4)17-22-14-12-10-8-2/h18-19H,7-17H2,1-6H3. The Balaban J connectivity index is 4.43. The summed E-state index contributed by atoms with van der Waals surface area (Å²) in [5, 5.41) is 0. The molecule has 0 rings (SSSR count). The number of ether oxygens (including phenoxy) is 2. The van der Waals surface area contributed by atoms with Gasteiger partial charge in [-0.25, -0.2) is 0 Å². The van der Waals surface area contributed by atoms with Crippen LogP contribution in [0.25, 0.3) is 0 Å². The van der Waals surface area contributed by atoms with E-state index in [-0.39, 0.29) is 5.41 Å². The monoisotopic (exact) mass is 314 g/mol. The SMILES string of the molecule is CCCCCOCC(COCCCCC)(CC(C)C)C(C)C. The lowest BCUT2D eigenvalue weighted by atomic mass is 9.72. The molecule has 0 aliphatic heterocycles. The molecule has 0 N–H and O–H groups in total. The maximum absolute atomic E-state index is 6.06. The van der Waals surface area contributed by atoms with Crippen molar-refractivity contribution >= 4 is 0 Å². The van der Waals surface area contributed by atoms with Gasteiger partial charge in [0.05, 0.1) is 13.2 Å². The number of hydrogen-bond acceptors (Lipinski definition) is 2. The molecule has 0 aliphatic rings. The third kappa shape index (κ3) is 9.84. The minimum Gasteiger partial charge on any atom is -0.381 e. The highest BCUT2D eigenvalue weighted by molar-refractivity contribution is 4.83. The summed E-state index contributed by atoms with van der Waals surface area (Å²) >= 11 is 0. The molecule has 0 saturated heterocycles. The molecule has 0 aliphatic carbocycles. The Morgan fingerprint density at radius 2 is 1.18 bits per heavy atom.